The molecule has 0 saturated heterocycles. The Kier molecular flexibility index (Phi) is 6.19. The molecule has 0 saturated carbocycles. The van der Waals surface area contributed by atoms with Crippen LogP contribution in [0.15, 0.2) is 54.6 Å². The topological polar surface area (TPSA) is 38.7 Å². The Morgan fingerprint density at radius 3 is 1.90 bits per heavy atom. The van der Waals surface area contributed by atoms with E-state index in [0.29, 0.717) is 13.2 Å². The molecule has 2 aromatic rings. The number of phenols is 1. The van der Waals surface area contributed by atoms with Crippen LogP contribution >= 0.6 is 8.38 Å². The van der Waals surface area contributed by atoms with Crippen LogP contribution in [-0.4, -0.2) is 18.3 Å². The molecule has 112 valence electrons. The lowest BCUT2D eigenvalue weighted by molar-refractivity contribution is 0.265. The van der Waals surface area contributed by atoms with Crippen molar-refractivity contribution in [3.63, 3.8) is 0 Å². The predicted octanol–water partition coefficient (Wildman–Crippen LogP) is 4.87. The molecule has 0 aliphatic rings. The second kappa shape index (κ2) is 8.14. The van der Waals surface area contributed by atoms with Gasteiger partial charge in [0.2, 0.25) is 0 Å². The Bertz CT molecular complexity index is 521. The van der Waals surface area contributed by atoms with E-state index in [-0.39, 0.29) is 11.4 Å². The van der Waals surface area contributed by atoms with Gasteiger partial charge in [-0.15, -0.1) is 0 Å². The summed E-state index contributed by atoms with van der Waals surface area (Å²) in [6.07, 6.45) is 0. The molecule has 2 aromatic carbocycles. The van der Waals surface area contributed by atoms with Crippen molar-refractivity contribution in [2.75, 3.05) is 13.2 Å². The Morgan fingerprint density at radius 1 is 0.857 bits per heavy atom. The van der Waals surface area contributed by atoms with Crippen molar-refractivity contribution in [3.05, 3.63) is 65.7 Å². The minimum absolute atomic E-state index is 0.0432. The number of hydrogen-bond acceptors (Lipinski definition) is 3. The van der Waals surface area contributed by atoms with Gasteiger partial charge in [-0.2, -0.15) is 0 Å². The first-order valence-electron chi connectivity index (χ1n) is 7.15. The van der Waals surface area contributed by atoms with Crippen molar-refractivity contribution in [3.8, 4) is 5.75 Å². The van der Waals surface area contributed by atoms with Crippen molar-refractivity contribution in [2.24, 2.45) is 0 Å². The van der Waals surface area contributed by atoms with Gasteiger partial charge in [-0.05, 0) is 37.1 Å². The maximum Gasteiger partial charge on any atom is 0.183 e. The molecule has 1 unspecified atom stereocenters. The monoisotopic (exact) mass is 304 g/mol. The number of aromatic hydroxyl groups is 1. The molecule has 21 heavy (non-hydrogen) atoms. The number of hydrogen-bond donors (Lipinski definition) is 1. The predicted molar refractivity (Wildman–Crippen MR) is 86.6 cm³/mol. The van der Waals surface area contributed by atoms with Gasteiger partial charge in [-0.3, -0.25) is 0 Å². The Labute approximate surface area is 127 Å². The summed E-state index contributed by atoms with van der Waals surface area (Å²) in [4.78, 5) is 0. The standard InChI is InChI=1S/C17H21O3P/c1-3-19-21(20-4-2)17(14-8-6-5-7-9-14)15-10-12-16(18)13-11-15/h5-13,17-18H,3-4H2,1-2H3. The van der Waals surface area contributed by atoms with E-state index in [1.807, 2.05) is 44.2 Å². The van der Waals surface area contributed by atoms with Crippen molar-refractivity contribution >= 4 is 8.38 Å². The molecule has 0 radical (unpaired) electrons. The van der Waals surface area contributed by atoms with Crippen LogP contribution < -0.4 is 0 Å². The molecule has 0 spiro atoms. The quantitative estimate of drug-likeness (QED) is 0.742. The average molecular weight is 304 g/mol. The highest BCUT2D eigenvalue weighted by Gasteiger charge is 2.27. The molecule has 0 heterocycles. The van der Waals surface area contributed by atoms with Gasteiger partial charge in [0, 0.05) is 0 Å². The van der Waals surface area contributed by atoms with Gasteiger partial charge in [-0.25, -0.2) is 0 Å². The minimum Gasteiger partial charge on any atom is -0.508 e. The molecule has 0 aliphatic carbocycles. The summed E-state index contributed by atoms with van der Waals surface area (Å²) in [5.41, 5.74) is 2.30. The molecule has 1 atom stereocenters. The summed E-state index contributed by atoms with van der Waals surface area (Å²) < 4.78 is 11.7. The molecular weight excluding hydrogens is 283 g/mol. The fourth-order valence-corrected chi connectivity index (χ4v) is 3.88. The third-order valence-corrected chi connectivity index (χ3v) is 5.09. The van der Waals surface area contributed by atoms with Crippen LogP contribution in [0.1, 0.15) is 30.6 Å². The van der Waals surface area contributed by atoms with E-state index >= 15 is 0 Å². The minimum atomic E-state index is -1.07. The lowest BCUT2D eigenvalue weighted by atomic mass is 10.0. The van der Waals surface area contributed by atoms with Gasteiger partial charge in [-0.1, -0.05) is 42.5 Å². The van der Waals surface area contributed by atoms with Crippen LogP contribution in [0.4, 0.5) is 0 Å². The lowest BCUT2D eigenvalue weighted by Gasteiger charge is -2.26. The largest absolute Gasteiger partial charge is 0.508 e. The summed E-state index contributed by atoms with van der Waals surface area (Å²) in [7, 11) is -1.07. The lowest BCUT2D eigenvalue weighted by Crippen LogP contribution is -2.04. The van der Waals surface area contributed by atoms with Crippen LogP contribution in [0, 0.1) is 0 Å². The van der Waals surface area contributed by atoms with Crippen molar-refractivity contribution in [1.82, 2.24) is 0 Å². The first-order valence-corrected chi connectivity index (χ1v) is 8.39. The second-order valence-electron chi connectivity index (χ2n) is 4.53. The smallest absolute Gasteiger partial charge is 0.183 e. The third kappa shape index (κ3) is 4.28. The van der Waals surface area contributed by atoms with Gasteiger partial charge < -0.3 is 14.2 Å². The van der Waals surface area contributed by atoms with Crippen molar-refractivity contribution in [1.29, 1.82) is 0 Å². The fourth-order valence-electron chi connectivity index (χ4n) is 2.17. The van der Waals surface area contributed by atoms with Crippen molar-refractivity contribution < 1.29 is 14.2 Å². The molecule has 0 amide bonds. The average Bonchev–Trinajstić information content (AvgIpc) is 2.51. The van der Waals surface area contributed by atoms with E-state index in [1.54, 1.807) is 12.1 Å². The Morgan fingerprint density at radius 2 is 1.38 bits per heavy atom. The summed E-state index contributed by atoms with van der Waals surface area (Å²) in [6.45, 7) is 5.20. The first kappa shape index (κ1) is 16.0. The molecule has 3 nitrogen and oxygen atoms in total. The van der Waals surface area contributed by atoms with Crippen molar-refractivity contribution in [2.45, 2.75) is 19.5 Å². The number of phenolic OH excluding ortho intramolecular Hbond substituents is 1. The van der Waals surface area contributed by atoms with E-state index in [2.05, 4.69) is 12.1 Å². The highest BCUT2D eigenvalue weighted by atomic mass is 31.2. The SMILES string of the molecule is CCOP(OCC)C(c1ccccc1)c1ccc(O)cc1. The van der Waals surface area contributed by atoms with E-state index in [0.717, 1.165) is 11.1 Å². The van der Waals surface area contributed by atoms with Gasteiger partial charge in [0.15, 0.2) is 8.38 Å². The van der Waals surface area contributed by atoms with E-state index in [1.165, 1.54) is 0 Å². The highest BCUT2D eigenvalue weighted by Crippen LogP contribution is 2.56. The van der Waals surface area contributed by atoms with Gasteiger partial charge in [0.05, 0.1) is 18.9 Å². The van der Waals surface area contributed by atoms with Crippen LogP contribution in [0.3, 0.4) is 0 Å². The Hall–Kier alpha value is -1.41. The molecule has 0 aromatic heterocycles. The Balaban J connectivity index is 2.40. The number of rotatable bonds is 7. The highest BCUT2D eigenvalue weighted by molar-refractivity contribution is 7.48. The molecule has 0 aliphatic heterocycles. The first-order chi connectivity index (χ1) is 10.3. The second-order valence-corrected chi connectivity index (χ2v) is 6.13. The zero-order valence-corrected chi connectivity index (χ0v) is 13.3. The zero-order chi connectivity index (χ0) is 15.1. The van der Waals surface area contributed by atoms with Gasteiger partial charge >= 0.3 is 0 Å². The van der Waals surface area contributed by atoms with Crippen LogP contribution in [0.2, 0.25) is 0 Å². The molecule has 0 fully saturated rings. The van der Waals surface area contributed by atoms with Gasteiger partial charge in [0.1, 0.15) is 5.75 Å². The summed E-state index contributed by atoms with van der Waals surface area (Å²) >= 11 is 0. The van der Waals surface area contributed by atoms with Crippen LogP contribution in [0.25, 0.3) is 0 Å². The maximum atomic E-state index is 9.50. The van der Waals surface area contributed by atoms with E-state index in [9.17, 15) is 5.11 Å². The summed E-state index contributed by atoms with van der Waals surface area (Å²) in [5, 5.41) is 9.50. The summed E-state index contributed by atoms with van der Waals surface area (Å²) in [6, 6.07) is 17.5. The zero-order valence-electron chi connectivity index (χ0n) is 12.4. The molecule has 2 rings (SSSR count). The van der Waals surface area contributed by atoms with Gasteiger partial charge in [0.25, 0.3) is 0 Å². The molecule has 4 heteroatoms. The molecular formula is C17H21O3P. The molecule has 1 N–H and O–H groups in total. The summed E-state index contributed by atoms with van der Waals surface area (Å²) in [5.74, 6) is 0.266. The maximum absolute atomic E-state index is 9.50. The molecule has 0 bridgehead atoms. The van der Waals surface area contributed by atoms with E-state index < -0.39 is 8.38 Å². The third-order valence-electron chi connectivity index (χ3n) is 3.05. The number of benzene rings is 2. The normalized spacial score (nSPS) is 12.5. The van der Waals surface area contributed by atoms with E-state index in [4.69, 9.17) is 9.05 Å². The van der Waals surface area contributed by atoms with Crippen LogP contribution in [0.5, 0.6) is 5.75 Å². The fraction of sp³-hybridized carbons (Fsp3) is 0.294. The van der Waals surface area contributed by atoms with Crippen LogP contribution in [-0.2, 0) is 9.05 Å².